The number of aliphatic imine (C=N–C) groups is 1. The van der Waals surface area contributed by atoms with Crippen molar-refractivity contribution in [1.82, 2.24) is 15.6 Å². The van der Waals surface area contributed by atoms with E-state index in [0.29, 0.717) is 19.7 Å². The maximum absolute atomic E-state index is 5.93. The van der Waals surface area contributed by atoms with Gasteiger partial charge in [0.25, 0.3) is 0 Å². The Balaban J connectivity index is 0.00000225. The van der Waals surface area contributed by atoms with E-state index in [2.05, 4.69) is 32.9 Å². The molecule has 3 rings (SSSR count). The van der Waals surface area contributed by atoms with Crippen molar-refractivity contribution in [3.05, 3.63) is 40.3 Å². The number of nitrogens with zero attached hydrogens (tertiary/aromatic N) is 2. The highest BCUT2D eigenvalue weighted by atomic mass is 127. The topological polar surface area (TPSA) is 67.8 Å². The van der Waals surface area contributed by atoms with Crippen molar-refractivity contribution < 1.29 is 9.47 Å². The summed E-state index contributed by atoms with van der Waals surface area (Å²) in [5.74, 6) is 2.31. The standard InChI is InChI=1S/C17H22N4O2S.HI/c1-3-16-21-12(11-24-16)8-19-17(18-2)20-9-13-10-22-14-6-4-5-7-15(14)23-13;/h4-7,11,13H,3,8-10H2,1-2H3,(H2,18,19,20);1H. The van der Waals surface area contributed by atoms with Gasteiger partial charge in [-0.05, 0) is 18.6 Å². The molecule has 2 N–H and O–H groups in total. The normalized spacial score (nSPS) is 16.1. The molecule has 0 amide bonds. The van der Waals surface area contributed by atoms with Gasteiger partial charge in [0, 0.05) is 12.4 Å². The molecule has 0 fully saturated rings. The predicted octanol–water partition coefficient (Wildman–Crippen LogP) is 2.83. The maximum Gasteiger partial charge on any atom is 0.191 e. The van der Waals surface area contributed by atoms with Crippen LogP contribution in [0.2, 0.25) is 0 Å². The molecule has 0 saturated heterocycles. The lowest BCUT2D eigenvalue weighted by Gasteiger charge is -2.27. The first kappa shape index (κ1) is 19.8. The van der Waals surface area contributed by atoms with Gasteiger partial charge in [-0.2, -0.15) is 0 Å². The van der Waals surface area contributed by atoms with Gasteiger partial charge in [0.05, 0.1) is 23.8 Å². The van der Waals surface area contributed by atoms with Crippen LogP contribution in [0.3, 0.4) is 0 Å². The van der Waals surface area contributed by atoms with Crippen molar-refractivity contribution in [3.8, 4) is 11.5 Å². The molecule has 2 heterocycles. The number of rotatable bonds is 5. The lowest BCUT2D eigenvalue weighted by Crippen LogP contribution is -2.45. The predicted molar refractivity (Wildman–Crippen MR) is 111 cm³/mol. The quantitative estimate of drug-likeness (QED) is 0.397. The van der Waals surface area contributed by atoms with Crippen molar-refractivity contribution in [1.29, 1.82) is 0 Å². The fourth-order valence-electron chi connectivity index (χ4n) is 2.36. The summed E-state index contributed by atoms with van der Waals surface area (Å²) in [5, 5.41) is 9.77. The third-order valence-electron chi connectivity index (χ3n) is 3.63. The van der Waals surface area contributed by atoms with Gasteiger partial charge in [0.1, 0.15) is 12.7 Å². The molecule has 1 unspecified atom stereocenters. The number of aryl methyl sites for hydroxylation is 1. The van der Waals surface area contributed by atoms with Crippen LogP contribution in [-0.4, -0.2) is 37.2 Å². The first-order valence-electron chi connectivity index (χ1n) is 8.04. The molecule has 0 radical (unpaired) electrons. The second-order valence-electron chi connectivity index (χ2n) is 5.39. The van der Waals surface area contributed by atoms with E-state index in [1.54, 1.807) is 18.4 Å². The molecule has 0 saturated carbocycles. The molecule has 1 aromatic heterocycles. The number of fused-ring (bicyclic) bond motifs is 1. The van der Waals surface area contributed by atoms with E-state index < -0.39 is 0 Å². The number of para-hydroxylation sites is 2. The van der Waals surface area contributed by atoms with E-state index in [4.69, 9.17) is 9.47 Å². The minimum Gasteiger partial charge on any atom is -0.486 e. The molecule has 1 atom stereocenters. The Bertz CT molecular complexity index is 707. The molecule has 8 heteroatoms. The van der Waals surface area contributed by atoms with Crippen LogP contribution in [0.15, 0.2) is 34.6 Å². The Kier molecular flexibility index (Phi) is 7.76. The van der Waals surface area contributed by atoms with Gasteiger partial charge in [-0.3, -0.25) is 4.99 Å². The molecule has 1 aliphatic heterocycles. The highest BCUT2D eigenvalue weighted by Crippen LogP contribution is 2.30. The summed E-state index contributed by atoms with van der Waals surface area (Å²) in [6.07, 6.45) is 0.919. The van der Waals surface area contributed by atoms with Gasteiger partial charge in [-0.25, -0.2) is 4.98 Å². The second kappa shape index (κ2) is 9.81. The molecular weight excluding hydrogens is 451 g/mol. The monoisotopic (exact) mass is 474 g/mol. The van der Waals surface area contributed by atoms with E-state index in [1.807, 2.05) is 24.3 Å². The number of guanidine groups is 1. The molecule has 0 bridgehead atoms. The Morgan fingerprint density at radius 3 is 2.84 bits per heavy atom. The van der Waals surface area contributed by atoms with E-state index in [0.717, 1.165) is 34.6 Å². The van der Waals surface area contributed by atoms with Gasteiger partial charge in [0.15, 0.2) is 17.5 Å². The van der Waals surface area contributed by atoms with Crippen LogP contribution in [-0.2, 0) is 13.0 Å². The molecular formula is C17H23IN4O2S. The highest BCUT2D eigenvalue weighted by Gasteiger charge is 2.20. The Morgan fingerprint density at radius 2 is 2.12 bits per heavy atom. The van der Waals surface area contributed by atoms with Crippen LogP contribution in [0.1, 0.15) is 17.6 Å². The lowest BCUT2D eigenvalue weighted by molar-refractivity contribution is 0.0936. The number of hydrogen-bond donors (Lipinski definition) is 2. The minimum atomic E-state index is -0.0515. The van der Waals surface area contributed by atoms with E-state index >= 15 is 0 Å². The van der Waals surface area contributed by atoms with Crippen LogP contribution >= 0.6 is 35.3 Å². The summed E-state index contributed by atoms with van der Waals surface area (Å²) in [4.78, 5) is 8.77. The SMILES string of the molecule is CCc1nc(CNC(=NC)NCC2COc3ccccc3O2)cs1.I. The summed E-state index contributed by atoms with van der Waals surface area (Å²) in [6.45, 7) is 3.90. The van der Waals surface area contributed by atoms with Gasteiger partial charge < -0.3 is 20.1 Å². The van der Waals surface area contributed by atoms with E-state index in [-0.39, 0.29) is 30.1 Å². The molecule has 136 valence electrons. The van der Waals surface area contributed by atoms with Gasteiger partial charge in [-0.15, -0.1) is 35.3 Å². The first-order chi connectivity index (χ1) is 11.8. The van der Waals surface area contributed by atoms with Gasteiger partial charge in [0.2, 0.25) is 0 Å². The number of ether oxygens (including phenoxy) is 2. The number of thiazole rings is 1. The van der Waals surface area contributed by atoms with Gasteiger partial charge in [-0.1, -0.05) is 19.1 Å². The Morgan fingerprint density at radius 1 is 1.32 bits per heavy atom. The summed E-state index contributed by atoms with van der Waals surface area (Å²) in [6, 6.07) is 7.71. The summed E-state index contributed by atoms with van der Waals surface area (Å²) < 4.78 is 11.6. The molecule has 1 aliphatic rings. The average molecular weight is 474 g/mol. The fourth-order valence-corrected chi connectivity index (χ4v) is 3.11. The molecule has 0 spiro atoms. The Labute approximate surface area is 169 Å². The highest BCUT2D eigenvalue weighted by molar-refractivity contribution is 14.0. The second-order valence-corrected chi connectivity index (χ2v) is 6.33. The van der Waals surface area contributed by atoms with E-state index in [1.165, 1.54) is 0 Å². The molecule has 0 aliphatic carbocycles. The minimum absolute atomic E-state index is 0. The van der Waals surface area contributed by atoms with Crippen molar-refractivity contribution in [2.45, 2.75) is 26.0 Å². The summed E-state index contributed by atoms with van der Waals surface area (Å²) >= 11 is 1.69. The zero-order valence-corrected chi connectivity index (χ0v) is 17.5. The third kappa shape index (κ3) is 5.46. The lowest BCUT2D eigenvalue weighted by atomic mass is 10.2. The number of nitrogens with one attached hydrogen (secondary N) is 2. The Hall–Kier alpha value is -1.55. The molecule has 25 heavy (non-hydrogen) atoms. The summed E-state index contributed by atoms with van der Waals surface area (Å²) in [7, 11) is 1.75. The number of aromatic nitrogens is 1. The van der Waals surface area contributed by atoms with Crippen molar-refractivity contribution >= 4 is 41.3 Å². The van der Waals surface area contributed by atoms with Crippen molar-refractivity contribution in [2.24, 2.45) is 4.99 Å². The van der Waals surface area contributed by atoms with Crippen LogP contribution in [0, 0.1) is 0 Å². The zero-order valence-electron chi connectivity index (χ0n) is 14.3. The number of halogens is 1. The number of benzene rings is 1. The van der Waals surface area contributed by atoms with Crippen molar-refractivity contribution in [3.63, 3.8) is 0 Å². The smallest absolute Gasteiger partial charge is 0.191 e. The number of hydrogen-bond acceptors (Lipinski definition) is 5. The van der Waals surface area contributed by atoms with Crippen LogP contribution < -0.4 is 20.1 Å². The average Bonchev–Trinajstić information content (AvgIpc) is 3.10. The van der Waals surface area contributed by atoms with Crippen LogP contribution in [0.5, 0.6) is 11.5 Å². The van der Waals surface area contributed by atoms with E-state index in [9.17, 15) is 0 Å². The first-order valence-corrected chi connectivity index (χ1v) is 8.92. The van der Waals surface area contributed by atoms with Crippen molar-refractivity contribution in [2.75, 3.05) is 20.2 Å². The van der Waals surface area contributed by atoms with Crippen LogP contribution in [0.25, 0.3) is 0 Å². The van der Waals surface area contributed by atoms with Gasteiger partial charge >= 0.3 is 0 Å². The largest absolute Gasteiger partial charge is 0.486 e. The van der Waals surface area contributed by atoms with Crippen LogP contribution in [0.4, 0.5) is 0 Å². The molecule has 2 aromatic rings. The zero-order chi connectivity index (χ0) is 16.8. The summed E-state index contributed by atoms with van der Waals surface area (Å²) in [5.41, 5.74) is 1.03. The third-order valence-corrected chi connectivity index (χ3v) is 4.67. The molecule has 6 nitrogen and oxygen atoms in total. The fraction of sp³-hybridized carbons (Fsp3) is 0.412. The maximum atomic E-state index is 5.93. The molecule has 1 aromatic carbocycles.